The van der Waals surface area contributed by atoms with Gasteiger partial charge in [0.2, 0.25) is 0 Å². The number of likely N-dealkylation sites (N-methyl/N-ethyl adjacent to an activating group) is 1. The first-order valence-electron chi connectivity index (χ1n) is 12.9. The van der Waals surface area contributed by atoms with Crippen molar-refractivity contribution < 1.29 is 22.6 Å². The number of rotatable bonds is 7. The number of nitrogen functional groups attached to an aromatic ring is 1. The largest absolute Gasteiger partial charge is 0.462 e. The van der Waals surface area contributed by atoms with E-state index in [-0.39, 0.29) is 40.3 Å². The predicted octanol–water partition coefficient (Wildman–Crippen LogP) is 3.84. The summed E-state index contributed by atoms with van der Waals surface area (Å²) in [4.78, 5) is 17.6. The quantitative estimate of drug-likeness (QED) is 0.442. The summed E-state index contributed by atoms with van der Waals surface area (Å²) in [5.74, 6) is 0.571. The minimum absolute atomic E-state index is 0.0478. The van der Waals surface area contributed by atoms with Gasteiger partial charge in [0.05, 0.1) is 27.9 Å². The van der Waals surface area contributed by atoms with E-state index in [2.05, 4.69) is 25.1 Å². The molecule has 2 aliphatic heterocycles. The molecule has 9 nitrogen and oxygen atoms in total. The van der Waals surface area contributed by atoms with E-state index in [1.807, 2.05) is 14.0 Å². The number of anilines is 2. The van der Waals surface area contributed by atoms with Crippen molar-refractivity contribution in [1.29, 1.82) is 0 Å². The fourth-order valence-corrected chi connectivity index (χ4v) is 5.39. The number of piperazine rings is 1. The smallest absolute Gasteiger partial charge is 0.418 e. The zero-order valence-electron chi connectivity index (χ0n) is 21.8. The van der Waals surface area contributed by atoms with Crippen molar-refractivity contribution in [3.05, 3.63) is 34.9 Å². The minimum Gasteiger partial charge on any atom is -0.462 e. The van der Waals surface area contributed by atoms with Gasteiger partial charge in [0, 0.05) is 56.3 Å². The molecule has 39 heavy (non-hydrogen) atoms. The molecule has 5 rings (SSSR count). The average molecular weight is 566 g/mol. The number of likely N-dealkylation sites (tertiary alicyclic amines) is 1. The summed E-state index contributed by atoms with van der Waals surface area (Å²) in [6.07, 6.45) is -3.68. The van der Waals surface area contributed by atoms with Crippen molar-refractivity contribution in [2.24, 2.45) is 0 Å². The van der Waals surface area contributed by atoms with Crippen LogP contribution in [-0.4, -0.2) is 85.0 Å². The number of benzene rings is 1. The minimum atomic E-state index is -4.65. The second-order valence-electron chi connectivity index (χ2n) is 9.76. The molecule has 0 saturated carbocycles. The van der Waals surface area contributed by atoms with E-state index in [4.69, 9.17) is 31.8 Å². The molecule has 2 atom stereocenters. The fraction of sp³-hybridized carbons (Fsp3) is 0.500. The highest BCUT2D eigenvalue weighted by Crippen LogP contribution is 2.41. The van der Waals surface area contributed by atoms with E-state index in [0.29, 0.717) is 43.0 Å². The van der Waals surface area contributed by atoms with Gasteiger partial charge in [0.25, 0.3) is 0 Å². The number of pyridine rings is 1. The Morgan fingerprint density at radius 3 is 2.64 bits per heavy atom. The molecular weight excluding hydrogens is 535 g/mol. The monoisotopic (exact) mass is 565 g/mol. The maximum Gasteiger partial charge on any atom is 0.418 e. The van der Waals surface area contributed by atoms with Crippen molar-refractivity contribution in [2.45, 2.75) is 31.7 Å². The van der Waals surface area contributed by atoms with Crippen molar-refractivity contribution in [3.8, 4) is 17.3 Å². The highest BCUT2D eigenvalue weighted by Gasteiger charge is 2.35. The maximum absolute atomic E-state index is 13.8. The summed E-state index contributed by atoms with van der Waals surface area (Å²) in [5, 5.41) is 4.02. The molecular formula is C26H31ClF3N7O2. The first-order chi connectivity index (χ1) is 18.6. The lowest BCUT2D eigenvalue weighted by atomic mass is 10.0. The summed E-state index contributed by atoms with van der Waals surface area (Å²) in [6, 6.07) is 5.39. The third-order valence-electron chi connectivity index (χ3n) is 7.09. The van der Waals surface area contributed by atoms with E-state index in [1.165, 1.54) is 6.07 Å². The number of hydrogen-bond acceptors (Lipinski definition) is 9. The van der Waals surface area contributed by atoms with Crippen LogP contribution < -0.4 is 20.7 Å². The van der Waals surface area contributed by atoms with Gasteiger partial charge >= 0.3 is 12.2 Å². The molecule has 2 aromatic heterocycles. The van der Waals surface area contributed by atoms with Crippen LogP contribution in [0.25, 0.3) is 22.2 Å². The molecule has 2 saturated heterocycles. The molecule has 0 radical (unpaired) electrons. The van der Waals surface area contributed by atoms with E-state index in [0.717, 1.165) is 38.2 Å². The topological polar surface area (TPSA) is 102 Å². The first kappa shape index (κ1) is 27.6. The van der Waals surface area contributed by atoms with E-state index < -0.39 is 11.7 Å². The molecule has 0 bridgehead atoms. The SMILES string of the molecule is CCO[C@@H]1C[C@@H](COc2nc(N3CCNCC3)c3cc(Cl)c(-c4nc(N)ccc4C(F)(F)F)cc3n2)N(C)C1. The Balaban J connectivity index is 1.55. The van der Waals surface area contributed by atoms with Gasteiger partial charge in [-0.3, -0.25) is 4.90 Å². The number of nitrogens with one attached hydrogen (secondary N) is 1. The van der Waals surface area contributed by atoms with Crippen LogP contribution in [0.1, 0.15) is 18.9 Å². The second-order valence-corrected chi connectivity index (χ2v) is 10.2. The number of aromatic nitrogens is 3. The number of hydrogen-bond donors (Lipinski definition) is 2. The summed E-state index contributed by atoms with van der Waals surface area (Å²) in [7, 11) is 2.02. The summed E-state index contributed by atoms with van der Waals surface area (Å²) in [5.41, 5.74) is 4.96. The number of halogens is 4. The fourth-order valence-electron chi connectivity index (χ4n) is 5.13. The molecule has 0 unspecified atom stereocenters. The lowest BCUT2D eigenvalue weighted by Gasteiger charge is -2.29. The Labute approximate surface area is 229 Å². The van der Waals surface area contributed by atoms with Crippen LogP contribution >= 0.6 is 11.6 Å². The lowest BCUT2D eigenvalue weighted by molar-refractivity contribution is -0.137. The Morgan fingerprint density at radius 2 is 1.92 bits per heavy atom. The molecule has 1 aromatic carbocycles. The molecule has 210 valence electrons. The molecule has 0 amide bonds. The molecule has 0 aliphatic carbocycles. The number of ether oxygens (including phenoxy) is 2. The van der Waals surface area contributed by atoms with Crippen LogP contribution in [0.2, 0.25) is 5.02 Å². The Morgan fingerprint density at radius 1 is 1.15 bits per heavy atom. The standard InChI is InChI=1S/C26H31ClF3N7O2/c1-3-38-16-10-15(36(2)13-16)14-39-25-33-21-12-17(23-19(26(28,29)30)4-5-22(31)34-23)20(27)11-18(21)24(35-25)37-8-6-32-7-9-37/h4-5,11-12,15-16,32H,3,6-10,13-14H2,1-2H3,(H2,31,34)/t15-,16+/m0/s1. The van der Waals surface area contributed by atoms with Gasteiger partial charge in [-0.05, 0) is 44.7 Å². The highest BCUT2D eigenvalue weighted by atomic mass is 35.5. The van der Waals surface area contributed by atoms with Gasteiger partial charge in [0.1, 0.15) is 18.2 Å². The normalized spacial score (nSPS) is 20.6. The van der Waals surface area contributed by atoms with Gasteiger partial charge in [-0.2, -0.15) is 23.1 Å². The van der Waals surface area contributed by atoms with Crippen LogP contribution in [0.3, 0.4) is 0 Å². The molecule has 13 heteroatoms. The number of fused-ring (bicyclic) bond motifs is 1. The summed E-state index contributed by atoms with van der Waals surface area (Å²) < 4.78 is 53.4. The van der Waals surface area contributed by atoms with E-state index >= 15 is 0 Å². The molecule has 2 aliphatic rings. The van der Waals surface area contributed by atoms with Crippen molar-refractivity contribution in [2.75, 3.05) is 63.6 Å². The number of nitrogens with zero attached hydrogens (tertiary/aromatic N) is 5. The predicted molar refractivity (Wildman–Crippen MR) is 144 cm³/mol. The van der Waals surface area contributed by atoms with Crippen molar-refractivity contribution >= 4 is 34.1 Å². The molecule has 3 N–H and O–H groups in total. The van der Waals surface area contributed by atoms with E-state index in [1.54, 1.807) is 6.07 Å². The van der Waals surface area contributed by atoms with Gasteiger partial charge < -0.3 is 25.4 Å². The van der Waals surface area contributed by atoms with Gasteiger partial charge in [-0.1, -0.05) is 11.6 Å². The van der Waals surface area contributed by atoms with Gasteiger partial charge in [-0.15, -0.1) is 0 Å². The zero-order valence-corrected chi connectivity index (χ0v) is 22.5. The Kier molecular flexibility index (Phi) is 7.99. The summed E-state index contributed by atoms with van der Waals surface area (Å²) in [6.45, 7) is 6.70. The van der Waals surface area contributed by atoms with Crippen LogP contribution in [0, 0.1) is 0 Å². The molecule has 3 aromatic rings. The third-order valence-corrected chi connectivity index (χ3v) is 7.41. The van der Waals surface area contributed by atoms with Crippen LogP contribution in [-0.2, 0) is 10.9 Å². The molecule has 4 heterocycles. The van der Waals surface area contributed by atoms with Gasteiger partial charge in [-0.25, -0.2) is 4.98 Å². The molecule has 2 fully saturated rings. The number of alkyl halides is 3. The third kappa shape index (κ3) is 5.98. The van der Waals surface area contributed by atoms with Crippen LogP contribution in [0.15, 0.2) is 24.3 Å². The van der Waals surface area contributed by atoms with Gasteiger partial charge in [0.15, 0.2) is 0 Å². The average Bonchev–Trinajstić information content (AvgIpc) is 3.25. The lowest BCUT2D eigenvalue weighted by Crippen LogP contribution is -2.44. The maximum atomic E-state index is 13.8. The van der Waals surface area contributed by atoms with Crippen LogP contribution in [0.4, 0.5) is 24.8 Å². The number of nitrogens with two attached hydrogens (primary N) is 1. The second kappa shape index (κ2) is 11.3. The van der Waals surface area contributed by atoms with Crippen LogP contribution in [0.5, 0.6) is 6.01 Å². The summed E-state index contributed by atoms with van der Waals surface area (Å²) >= 11 is 6.58. The molecule has 0 spiro atoms. The first-order valence-corrected chi connectivity index (χ1v) is 13.3. The van der Waals surface area contributed by atoms with E-state index in [9.17, 15) is 13.2 Å². The zero-order chi connectivity index (χ0) is 27.7. The Bertz CT molecular complexity index is 1340. The highest BCUT2D eigenvalue weighted by molar-refractivity contribution is 6.34. The van der Waals surface area contributed by atoms with Crippen molar-refractivity contribution in [3.63, 3.8) is 0 Å². The Hall–Kier alpha value is -2.93. The van der Waals surface area contributed by atoms with Crippen molar-refractivity contribution in [1.82, 2.24) is 25.2 Å².